The summed E-state index contributed by atoms with van der Waals surface area (Å²) in [5.74, 6) is -0.126. The van der Waals surface area contributed by atoms with Crippen LogP contribution in [0.3, 0.4) is 0 Å². The molecule has 21 heavy (non-hydrogen) atoms. The lowest BCUT2D eigenvalue weighted by Crippen LogP contribution is -2.16. The molecule has 0 saturated heterocycles. The Labute approximate surface area is 128 Å². The SMILES string of the molecule is Cc1cc(Cl)ccc1NC(=O)c1cc2ccccc2n1C. The zero-order valence-corrected chi connectivity index (χ0v) is 12.6. The standard InChI is InChI=1S/C17H15ClN2O/c1-11-9-13(18)7-8-14(11)19-17(21)16-10-12-5-3-4-6-15(12)20(16)2/h3-10H,1-2H3,(H,19,21). The van der Waals surface area contributed by atoms with Gasteiger partial charge >= 0.3 is 0 Å². The molecular weight excluding hydrogens is 284 g/mol. The lowest BCUT2D eigenvalue weighted by atomic mass is 10.2. The van der Waals surface area contributed by atoms with Gasteiger partial charge in [-0.2, -0.15) is 0 Å². The zero-order chi connectivity index (χ0) is 15.0. The lowest BCUT2D eigenvalue weighted by molar-refractivity contribution is 0.101. The molecule has 1 N–H and O–H groups in total. The van der Waals surface area contributed by atoms with Crippen LogP contribution in [0.2, 0.25) is 5.02 Å². The summed E-state index contributed by atoms with van der Waals surface area (Å²) in [4.78, 5) is 12.5. The normalized spacial score (nSPS) is 10.8. The molecule has 0 spiro atoms. The van der Waals surface area contributed by atoms with Crippen molar-refractivity contribution in [2.24, 2.45) is 7.05 Å². The number of fused-ring (bicyclic) bond motifs is 1. The number of halogens is 1. The summed E-state index contributed by atoms with van der Waals surface area (Å²) in [7, 11) is 1.89. The summed E-state index contributed by atoms with van der Waals surface area (Å²) in [6.07, 6.45) is 0. The highest BCUT2D eigenvalue weighted by Gasteiger charge is 2.14. The van der Waals surface area contributed by atoms with Gasteiger partial charge < -0.3 is 9.88 Å². The van der Waals surface area contributed by atoms with E-state index in [2.05, 4.69) is 5.32 Å². The number of para-hydroxylation sites is 1. The molecule has 0 radical (unpaired) electrons. The topological polar surface area (TPSA) is 34.0 Å². The molecule has 3 aromatic rings. The van der Waals surface area contributed by atoms with Crippen LogP contribution in [-0.2, 0) is 7.05 Å². The van der Waals surface area contributed by atoms with Gasteiger partial charge in [-0.3, -0.25) is 4.79 Å². The summed E-state index contributed by atoms with van der Waals surface area (Å²) >= 11 is 5.93. The summed E-state index contributed by atoms with van der Waals surface area (Å²) in [5, 5.41) is 4.65. The van der Waals surface area contributed by atoms with E-state index in [-0.39, 0.29) is 5.91 Å². The van der Waals surface area contributed by atoms with Crippen molar-refractivity contribution in [2.75, 3.05) is 5.32 Å². The molecule has 0 saturated carbocycles. The van der Waals surface area contributed by atoms with Crippen LogP contribution in [0.15, 0.2) is 48.5 Å². The van der Waals surface area contributed by atoms with Crippen LogP contribution < -0.4 is 5.32 Å². The number of aromatic nitrogens is 1. The smallest absolute Gasteiger partial charge is 0.272 e. The Hall–Kier alpha value is -2.26. The van der Waals surface area contributed by atoms with Crippen LogP contribution in [0.25, 0.3) is 10.9 Å². The van der Waals surface area contributed by atoms with Crippen LogP contribution >= 0.6 is 11.6 Å². The molecule has 0 bridgehead atoms. The third-order valence-corrected chi connectivity index (χ3v) is 3.86. The van der Waals surface area contributed by atoms with Crippen LogP contribution in [0.4, 0.5) is 5.69 Å². The molecule has 0 atom stereocenters. The largest absolute Gasteiger partial charge is 0.340 e. The van der Waals surface area contributed by atoms with E-state index in [1.807, 2.05) is 61.0 Å². The second-order valence-electron chi connectivity index (χ2n) is 5.06. The van der Waals surface area contributed by atoms with Gasteiger partial charge in [0.25, 0.3) is 5.91 Å². The van der Waals surface area contributed by atoms with Crippen molar-refractivity contribution >= 4 is 34.1 Å². The number of rotatable bonds is 2. The molecule has 1 aromatic heterocycles. The number of nitrogens with one attached hydrogen (secondary N) is 1. The van der Waals surface area contributed by atoms with E-state index in [0.717, 1.165) is 22.2 Å². The van der Waals surface area contributed by atoms with E-state index < -0.39 is 0 Å². The molecule has 3 rings (SSSR count). The number of hydrogen-bond donors (Lipinski definition) is 1. The minimum Gasteiger partial charge on any atom is -0.340 e. The minimum atomic E-state index is -0.126. The maximum atomic E-state index is 12.5. The number of carbonyl (C=O) groups is 1. The first-order chi connectivity index (χ1) is 10.1. The number of benzene rings is 2. The highest BCUT2D eigenvalue weighted by Crippen LogP contribution is 2.22. The fourth-order valence-corrected chi connectivity index (χ4v) is 2.69. The van der Waals surface area contributed by atoms with Crippen molar-refractivity contribution in [3.63, 3.8) is 0 Å². The fraction of sp³-hybridized carbons (Fsp3) is 0.118. The third-order valence-electron chi connectivity index (χ3n) is 3.62. The molecule has 0 aliphatic carbocycles. The Bertz CT molecular complexity index is 836. The van der Waals surface area contributed by atoms with E-state index in [0.29, 0.717) is 10.7 Å². The molecule has 0 aliphatic heterocycles. The van der Waals surface area contributed by atoms with Gasteiger partial charge in [-0.15, -0.1) is 0 Å². The number of aryl methyl sites for hydroxylation is 2. The van der Waals surface area contributed by atoms with E-state index in [4.69, 9.17) is 11.6 Å². The maximum Gasteiger partial charge on any atom is 0.272 e. The number of anilines is 1. The summed E-state index contributed by atoms with van der Waals surface area (Å²) in [6.45, 7) is 1.92. The maximum absolute atomic E-state index is 12.5. The quantitative estimate of drug-likeness (QED) is 0.748. The Kier molecular flexibility index (Phi) is 3.43. The van der Waals surface area contributed by atoms with Crippen LogP contribution in [-0.4, -0.2) is 10.5 Å². The molecule has 1 heterocycles. The van der Waals surface area contributed by atoms with E-state index >= 15 is 0 Å². The highest BCUT2D eigenvalue weighted by atomic mass is 35.5. The van der Waals surface area contributed by atoms with Crippen LogP contribution in [0, 0.1) is 6.92 Å². The van der Waals surface area contributed by atoms with Gasteiger partial charge in [-0.25, -0.2) is 0 Å². The summed E-state index contributed by atoms with van der Waals surface area (Å²) < 4.78 is 1.90. The molecule has 4 heteroatoms. The minimum absolute atomic E-state index is 0.126. The average molecular weight is 299 g/mol. The van der Waals surface area contributed by atoms with Crippen molar-refractivity contribution in [1.82, 2.24) is 4.57 Å². The molecule has 106 valence electrons. The van der Waals surface area contributed by atoms with E-state index in [1.54, 1.807) is 6.07 Å². The molecule has 0 fully saturated rings. The van der Waals surface area contributed by atoms with Gasteiger partial charge in [0.15, 0.2) is 0 Å². The van der Waals surface area contributed by atoms with Gasteiger partial charge in [-0.1, -0.05) is 29.8 Å². The van der Waals surface area contributed by atoms with Crippen LogP contribution in [0.1, 0.15) is 16.1 Å². The van der Waals surface area contributed by atoms with Gasteiger partial charge in [-0.05, 0) is 42.8 Å². The Balaban J connectivity index is 1.95. The van der Waals surface area contributed by atoms with Gasteiger partial charge in [0, 0.05) is 28.7 Å². The molecule has 0 aliphatic rings. The Morgan fingerprint density at radius 1 is 1.14 bits per heavy atom. The predicted octanol–water partition coefficient (Wildman–Crippen LogP) is 4.39. The second kappa shape index (κ2) is 5.26. The van der Waals surface area contributed by atoms with E-state index in [9.17, 15) is 4.79 Å². The summed E-state index contributed by atoms with van der Waals surface area (Å²) in [5.41, 5.74) is 3.38. The van der Waals surface area contributed by atoms with Crippen molar-refractivity contribution in [2.45, 2.75) is 6.92 Å². The third kappa shape index (κ3) is 2.52. The second-order valence-corrected chi connectivity index (χ2v) is 5.50. The van der Waals surface area contributed by atoms with Crippen molar-refractivity contribution in [3.05, 3.63) is 64.8 Å². The van der Waals surface area contributed by atoms with Crippen molar-refractivity contribution in [1.29, 1.82) is 0 Å². The first-order valence-electron chi connectivity index (χ1n) is 6.68. The fourth-order valence-electron chi connectivity index (χ4n) is 2.46. The number of hydrogen-bond acceptors (Lipinski definition) is 1. The first kappa shape index (κ1) is 13.7. The monoisotopic (exact) mass is 298 g/mol. The number of nitrogens with zero attached hydrogens (tertiary/aromatic N) is 1. The Morgan fingerprint density at radius 3 is 2.62 bits per heavy atom. The molecular formula is C17H15ClN2O. The highest BCUT2D eigenvalue weighted by molar-refractivity contribution is 6.30. The van der Waals surface area contributed by atoms with Crippen molar-refractivity contribution in [3.8, 4) is 0 Å². The van der Waals surface area contributed by atoms with Gasteiger partial charge in [0.2, 0.25) is 0 Å². The average Bonchev–Trinajstić information content (AvgIpc) is 2.80. The number of carbonyl (C=O) groups excluding carboxylic acids is 1. The molecule has 1 amide bonds. The first-order valence-corrected chi connectivity index (χ1v) is 7.06. The van der Waals surface area contributed by atoms with Gasteiger partial charge in [0.05, 0.1) is 0 Å². The van der Waals surface area contributed by atoms with Crippen LogP contribution in [0.5, 0.6) is 0 Å². The van der Waals surface area contributed by atoms with Gasteiger partial charge in [0.1, 0.15) is 5.69 Å². The number of amides is 1. The lowest BCUT2D eigenvalue weighted by Gasteiger charge is -2.09. The zero-order valence-electron chi connectivity index (χ0n) is 11.9. The predicted molar refractivity (Wildman–Crippen MR) is 87.1 cm³/mol. The molecule has 2 aromatic carbocycles. The van der Waals surface area contributed by atoms with Crippen molar-refractivity contribution < 1.29 is 4.79 Å². The molecule has 0 unspecified atom stereocenters. The Morgan fingerprint density at radius 2 is 1.90 bits per heavy atom. The van der Waals surface area contributed by atoms with E-state index in [1.165, 1.54) is 0 Å². The summed E-state index contributed by atoms with van der Waals surface area (Å²) in [6, 6.07) is 15.2. The molecule has 3 nitrogen and oxygen atoms in total.